The summed E-state index contributed by atoms with van der Waals surface area (Å²) in [6.07, 6.45) is 1.53. The smallest absolute Gasteiger partial charge is 0.229 e. The lowest BCUT2D eigenvalue weighted by molar-refractivity contribution is 0.210. The van der Waals surface area contributed by atoms with Crippen LogP contribution in [0.5, 0.6) is 0 Å². The number of methoxy groups -OCH3 is 1. The van der Waals surface area contributed by atoms with E-state index in [1.807, 2.05) is 19.9 Å². The Kier molecular flexibility index (Phi) is 3.23. The van der Waals surface area contributed by atoms with Crippen molar-refractivity contribution in [3.63, 3.8) is 0 Å². The molecule has 3 heterocycles. The van der Waals surface area contributed by atoms with Crippen LogP contribution in [0.4, 0.5) is 5.82 Å². The van der Waals surface area contributed by atoms with Crippen molar-refractivity contribution in [2.24, 2.45) is 0 Å². The van der Waals surface area contributed by atoms with E-state index < -0.39 is 0 Å². The zero-order valence-corrected chi connectivity index (χ0v) is 11.7. The molecule has 0 spiro atoms. The number of nitrogens with one attached hydrogen (secondary N) is 1. The van der Waals surface area contributed by atoms with E-state index in [-0.39, 0.29) is 0 Å². The van der Waals surface area contributed by atoms with Crippen LogP contribution in [0.1, 0.15) is 11.3 Å². The highest BCUT2D eigenvalue weighted by Gasteiger charge is 2.16. The third-order valence-corrected chi connectivity index (χ3v) is 3.15. The lowest BCUT2D eigenvalue weighted by Crippen LogP contribution is -2.08. The van der Waals surface area contributed by atoms with Crippen LogP contribution in [-0.2, 0) is 4.74 Å². The standard InChI is InChI=1S/C14H16N4O2/c1-8-6-9(2)18-14-10(8)11-12(20-14)13(17-7-16-11)15-4-5-19-3/h6-7H,4-5H2,1-3H3,(H,15,16,17). The predicted molar refractivity (Wildman–Crippen MR) is 76.9 cm³/mol. The van der Waals surface area contributed by atoms with Gasteiger partial charge in [0, 0.05) is 19.3 Å². The van der Waals surface area contributed by atoms with Crippen molar-refractivity contribution >= 4 is 28.0 Å². The van der Waals surface area contributed by atoms with E-state index >= 15 is 0 Å². The largest absolute Gasteiger partial charge is 0.432 e. The fourth-order valence-electron chi connectivity index (χ4n) is 2.31. The van der Waals surface area contributed by atoms with Crippen molar-refractivity contribution in [3.8, 4) is 0 Å². The van der Waals surface area contributed by atoms with Crippen LogP contribution in [0.3, 0.4) is 0 Å². The Morgan fingerprint density at radius 1 is 1.30 bits per heavy atom. The summed E-state index contributed by atoms with van der Waals surface area (Å²) in [6.45, 7) is 5.24. The number of anilines is 1. The Labute approximate surface area is 116 Å². The normalized spacial score (nSPS) is 11.3. The first-order valence-corrected chi connectivity index (χ1v) is 6.45. The molecule has 3 aromatic heterocycles. The van der Waals surface area contributed by atoms with Crippen LogP contribution in [0.25, 0.3) is 22.2 Å². The number of nitrogens with zero attached hydrogens (tertiary/aromatic N) is 3. The van der Waals surface area contributed by atoms with E-state index in [1.165, 1.54) is 6.33 Å². The Morgan fingerprint density at radius 2 is 2.15 bits per heavy atom. The van der Waals surface area contributed by atoms with Gasteiger partial charge in [0.1, 0.15) is 11.8 Å². The maximum absolute atomic E-state index is 5.84. The second kappa shape index (κ2) is 5.05. The van der Waals surface area contributed by atoms with Crippen molar-refractivity contribution < 1.29 is 9.15 Å². The molecule has 0 atom stereocenters. The van der Waals surface area contributed by atoms with Gasteiger partial charge >= 0.3 is 0 Å². The molecule has 1 N–H and O–H groups in total. The molecule has 3 aromatic rings. The first kappa shape index (κ1) is 12.8. The summed E-state index contributed by atoms with van der Waals surface area (Å²) in [7, 11) is 1.66. The molecule has 0 aliphatic rings. The molecule has 104 valence electrons. The molecule has 0 radical (unpaired) electrons. The molecule has 0 fully saturated rings. The summed E-state index contributed by atoms with van der Waals surface area (Å²) >= 11 is 0. The maximum atomic E-state index is 5.84. The van der Waals surface area contributed by atoms with E-state index in [1.54, 1.807) is 7.11 Å². The number of ether oxygens (including phenoxy) is 1. The Hall–Kier alpha value is -2.21. The summed E-state index contributed by atoms with van der Waals surface area (Å²) in [5.74, 6) is 0.669. The van der Waals surface area contributed by atoms with Crippen molar-refractivity contribution in [1.82, 2.24) is 15.0 Å². The van der Waals surface area contributed by atoms with E-state index in [2.05, 4.69) is 20.3 Å². The van der Waals surface area contributed by atoms with E-state index in [4.69, 9.17) is 9.15 Å². The summed E-state index contributed by atoms with van der Waals surface area (Å²) in [4.78, 5) is 13.0. The highest BCUT2D eigenvalue weighted by molar-refractivity contribution is 6.05. The Balaban J connectivity index is 2.17. The fourth-order valence-corrected chi connectivity index (χ4v) is 2.31. The molecule has 0 saturated heterocycles. The minimum absolute atomic E-state index is 0.599. The number of hydrogen-bond donors (Lipinski definition) is 1. The van der Waals surface area contributed by atoms with E-state index in [0.717, 1.165) is 22.2 Å². The number of pyridine rings is 1. The van der Waals surface area contributed by atoms with Gasteiger partial charge in [-0.05, 0) is 25.5 Å². The van der Waals surface area contributed by atoms with Crippen molar-refractivity contribution in [3.05, 3.63) is 23.7 Å². The van der Waals surface area contributed by atoms with Gasteiger partial charge in [0.15, 0.2) is 11.4 Å². The molecule has 3 rings (SSSR count). The fraction of sp³-hybridized carbons (Fsp3) is 0.357. The number of hydrogen-bond acceptors (Lipinski definition) is 6. The second-order valence-corrected chi connectivity index (χ2v) is 4.68. The number of rotatable bonds is 4. The van der Waals surface area contributed by atoms with Gasteiger partial charge in [0.25, 0.3) is 0 Å². The average Bonchev–Trinajstić information content (AvgIpc) is 2.78. The predicted octanol–water partition coefficient (Wildman–Crippen LogP) is 2.45. The van der Waals surface area contributed by atoms with Gasteiger partial charge in [-0.25, -0.2) is 15.0 Å². The summed E-state index contributed by atoms with van der Waals surface area (Å²) in [6, 6.07) is 2.03. The lowest BCUT2D eigenvalue weighted by atomic mass is 10.1. The van der Waals surface area contributed by atoms with Crippen LogP contribution in [-0.4, -0.2) is 35.2 Å². The zero-order valence-electron chi connectivity index (χ0n) is 11.7. The second-order valence-electron chi connectivity index (χ2n) is 4.68. The SMILES string of the molecule is COCCNc1ncnc2c1oc1nc(C)cc(C)c12. The first-order valence-electron chi connectivity index (χ1n) is 6.45. The summed E-state index contributed by atoms with van der Waals surface area (Å²) < 4.78 is 10.9. The zero-order chi connectivity index (χ0) is 14.1. The molecule has 0 amide bonds. The quantitative estimate of drug-likeness (QED) is 0.735. The molecule has 0 saturated carbocycles. The lowest BCUT2D eigenvalue weighted by Gasteiger charge is -2.03. The Morgan fingerprint density at radius 3 is 2.95 bits per heavy atom. The van der Waals surface area contributed by atoms with Crippen molar-refractivity contribution in [2.45, 2.75) is 13.8 Å². The number of aromatic nitrogens is 3. The first-order chi connectivity index (χ1) is 9.70. The highest BCUT2D eigenvalue weighted by atomic mass is 16.5. The van der Waals surface area contributed by atoms with Gasteiger partial charge in [-0.1, -0.05) is 0 Å². The molecule has 0 bridgehead atoms. The van der Waals surface area contributed by atoms with Gasteiger partial charge in [-0.3, -0.25) is 0 Å². The molecule has 0 aliphatic carbocycles. The third kappa shape index (κ3) is 2.08. The monoisotopic (exact) mass is 272 g/mol. The van der Waals surface area contributed by atoms with E-state index in [9.17, 15) is 0 Å². The van der Waals surface area contributed by atoms with E-state index in [0.29, 0.717) is 30.3 Å². The van der Waals surface area contributed by atoms with Crippen LogP contribution in [0, 0.1) is 13.8 Å². The maximum Gasteiger partial charge on any atom is 0.229 e. The highest BCUT2D eigenvalue weighted by Crippen LogP contribution is 2.31. The molecule has 6 nitrogen and oxygen atoms in total. The van der Waals surface area contributed by atoms with Crippen LogP contribution in [0.2, 0.25) is 0 Å². The minimum Gasteiger partial charge on any atom is -0.432 e. The summed E-state index contributed by atoms with van der Waals surface area (Å²) in [5.41, 5.74) is 4.07. The van der Waals surface area contributed by atoms with Crippen molar-refractivity contribution in [2.75, 3.05) is 25.6 Å². The number of aryl methyl sites for hydroxylation is 2. The Bertz CT molecular complexity index is 767. The summed E-state index contributed by atoms with van der Waals surface area (Å²) in [5, 5.41) is 4.13. The van der Waals surface area contributed by atoms with Crippen molar-refractivity contribution in [1.29, 1.82) is 0 Å². The van der Waals surface area contributed by atoms with Gasteiger partial charge in [0.05, 0.1) is 12.0 Å². The van der Waals surface area contributed by atoms with Gasteiger partial charge in [-0.15, -0.1) is 0 Å². The van der Waals surface area contributed by atoms with Crippen LogP contribution < -0.4 is 5.32 Å². The van der Waals surface area contributed by atoms with Gasteiger partial charge in [-0.2, -0.15) is 0 Å². The molecule has 0 aromatic carbocycles. The molecule has 20 heavy (non-hydrogen) atoms. The number of furan rings is 1. The number of fused-ring (bicyclic) bond motifs is 3. The molecule has 0 aliphatic heterocycles. The van der Waals surface area contributed by atoms with Gasteiger partial charge in [0.2, 0.25) is 5.71 Å². The minimum atomic E-state index is 0.599. The molecular weight excluding hydrogens is 256 g/mol. The van der Waals surface area contributed by atoms with Crippen LogP contribution >= 0.6 is 0 Å². The topological polar surface area (TPSA) is 73.1 Å². The van der Waals surface area contributed by atoms with Crippen LogP contribution in [0.15, 0.2) is 16.8 Å². The third-order valence-electron chi connectivity index (χ3n) is 3.15. The molecule has 6 heteroatoms. The molecular formula is C14H16N4O2. The average molecular weight is 272 g/mol. The van der Waals surface area contributed by atoms with Gasteiger partial charge < -0.3 is 14.5 Å². The molecule has 0 unspecified atom stereocenters.